The third kappa shape index (κ3) is 9.08. The number of fused-ring (bicyclic) bond motifs is 20. The van der Waals surface area contributed by atoms with Crippen molar-refractivity contribution in [3.8, 4) is 56.1 Å². The number of nitrogens with zero attached hydrogens (tertiary/aromatic N) is 12. The van der Waals surface area contributed by atoms with Crippen molar-refractivity contribution in [2.24, 2.45) is 0 Å². The van der Waals surface area contributed by atoms with Gasteiger partial charge in [0.05, 0.1) is 53.4 Å². The van der Waals surface area contributed by atoms with E-state index in [2.05, 4.69) is 261 Å². The van der Waals surface area contributed by atoms with Crippen LogP contribution in [-0.4, -0.2) is 18.7 Å². The van der Waals surface area contributed by atoms with E-state index in [0.29, 0.717) is 17.1 Å². The van der Waals surface area contributed by atoms with E-state index < -0.39 is 0 Å². The number of rotatable bonds is 3. The number of para-hydroxylation sites is 5. The molecule has 11 aromatic carbocycles. The average molecular weight is 1210 g/mol. The summed E-state index contributed by atoms with van der Waals surface area (Å²) in [7, 11) is 0. The normalized spacial score (nSPS) is 12.0. The van der Waals surface area contributed by atoms with Crippen molar-refractivity contribution in [1.29, 1.82) is 0 Å². The van der Waals surface area contributed by atoms with Gasteiger partial charge in [-0.2, -0.15) is 0 Å². The Labute approximate surface area is 544 Å². The number of benzene rings is 11. The molecule has 0 unspecified atom stereocenters. The van der Waals surface area contributed by atoms with Crippen molar-refractivity contribution in [2.75, 3.05) is 0 Å². The molecule has 0 amide bonds. The van der Waals surface area contributed by atoms with E-state index in [1.54, 1.807) is 0 Å². The van der Waals surface area contributed by atoms with Crippen LogP contribution in [0.5, 0.6) is 0 Å². The van der Waals surface area contributed by atoms with E-state index in [-0.39, 0.29) is 0 Å². The second kappa shape index (κ2) is 22.6. The molecule has 15 aromatic rings. The summed E-state index contributed by atoms with van der Waals surface area (Å²) < 4.78 is 17.6. The third-order valence-electron chi connectivity index (χ3n) is 19.3. The predicted molar refractivity (Wildman–Crippen MR) is 371 cm³/mol. The summed E-state index contributed by atoms with van der Waals surface area (Å²) in [6.07, 6.45) is 8.56. The molecule has 0 atom stereocenters. The Kier molecular flexibility index (Phi) is 13.6. The molecule has 94 heavy (non-hydrogen) atoms. The van der Waals surface area contributed by atoms with Crippen LogP contribution in [-0.2, 0) is 26.2 Å². The fourth-order valence-corrected chi connectivity index (χ4v) is 14.5. The van der Waals surface area contributed by atoms with Gasteiger partial charge in [-0.15, -0.1) is 37.5 Å². The highest BCUT2D eigenvalue weighted by atomic mass is 15.4. The van der Waals surface area contributed by atoms with Gasteiger partial charge in [-0.3, -0.25) is 0 Å². The molecule has 0 radical (unpaired) electrons. The van der Waals surface area contributed by atoms with Crippen LogP contribution in [0.1, 0.15) is 44.5 Å². The van der Waals surface area contributed by atoms with Crippen LogP contribution in [0.25, 0.3) is 119 Å². The first-order valence-corrected chi connectivity index (χ1v) is 31.4. The lowest BCUT2D eigenvalue weighted by Gasteiger charge is -2.13. The fourth-order valence-electron chi connectivity index (χ4n) is 14.5. The zero-order valence-electron chi connectivity index (χ0n) is 52.3. The van der Waals surface area contributed by atoms with Crippen molar-refractivity contribution in [3.05, 3.63) is 333 Å². The Bertz CT molecular complexity index is 5830. The van der Waals surface area contributed by atoms with E-state index >= 15 is 0 Å². The van der Waals surface area contributed by atoms with E-state index in [4.69, 9.17) is 26.3 Å². The molecule has 0 bridgehead atoms. The summed E-state index contributed by atoms with van der Waals surface area (Å²) in [5.41, 5.74) is 29.6. The average Bonchev–Trinajstić information content (AvgIpc) is 1.60. The lowest BCUT2D eigenvalue weighted by Crippen LogP contribution is -2.36. The Hall–Kier alpha value is -12.7. The molecule has 12 nitrogen and oxygen atoms in total. The molecule has 12 heteroatoms. The van der Waals surface area contributed by atoms with Gasteiger partial charge in [-0.05, 0) is 126 Å². The van der Waals surface area contributed by atoms with Crippen molar-refractivity contribution in [1.82, 2.24) is 18.7 Å². The van der Waals surface area contributed by atoms with Gasteiger partial charge in [0.25, 0.3) is 0 Å². The zero-order valence-corrected chi connectivity index (χ0v) is 52.3. The van der Waals surface area contributed by atoms with E-state index in [0.717, 1.165) is 75.5 Å². The highest BCUT2D eigenvalue weighted by molar-refractivity contribution is 5.96. The molecule has 4 aliphatic heterocycles. The zero-order chi connectivity index (χ0) is 63.9. The van der Waals surface area contributed by atoms with Crippen molar-refractivity contribution >= 4 is 66.4 Å². The topological polar surface area (TPSA) is 52.7 Å². The summed E-state index contributed by atoms with van der Waals surface area (Å²) in [6.45, 7) is 42.2. The quantitative estimate of drug-likeness (QED) is 0.125. The number of hydrogen-bond donors (Lipinski definition) is 0. The fraction of sp³-hybridized carbons (Fsp3) is 0.0976. The molecule has 0 N–H and O–H groups in total. The lowest BCUT2D eigenvalue weighted by atomic mass is 9.92. The van der Waals surface area contributed by atoms with Crippen molar-refractivity contribution < 1.29 is 18.7 Å². The van der Waals surface area contributed by atoms with Crippen LogP contribution in [0.15, 0.2) is 243 Å². The Morgan fingerprint density at radius 2 is 0.702 bits per heavy atom. The number of aromatic nitrogens is 8. The minimum absolute atomic E-state index is 0.696. The minimum atomic E-state index is 0.696. The maximum absolute atomic E-state index is 7.53. The summed E-state index contributed by atoms with van der Waals surface area (Å²) in [5.74, 6) is 0. The molecule has 0 fully saturated rings. The van der Waals surface area contributed by atoms with Crippen LogP contribution >= 0.6 is 0 Å². The van der Waals surface area contributed by atoms with Crippen LogP contribution in [0.4, 0.5) is 22.7 Å². The maximum Gasteiger partial charge on any atom is 0.217 e. The maximum atomic E-state index is 7.53. The molecule has 0 aliphatic carbocycles. The third-order valence-corrected chi connectivity index (χ3v) is 19.3. The van der Waals surface area contributed by atoms with E-state index in [9.17, 15) is 0 Å². The lowest BCUT2D eigenvalue weighted by molar-refractivity contribution is -0.749. The molecule has 0 saturated heterocycles. The van der Waals surface area contributed by atoms with E-state index in [1.807, 2.05) is 66.7 Å². The summed E-state index contributed by atoms with van der Waals surface area (Å²) in [6, 6.07) is 74.7. The molecular weight excluding hydrogens is 1150 g/mol. The monoisotopic (exact) mass is 1210 g/mol. The first-order valence-electron chi connectivity index (χ1n) is 31.4. The summed E-state index contributed by atoms with van der Waals surface area (Å²) >= 11 is 0. The van der Waals surface area contributed by atoms with Crippen LogP contribution in [0.2, 0.25) is 0 Å². The van der Waals surface area contributed by atoms with Gasteiger partial charge in [0, 0.05) is 22.3 Å². The van der Waals surface area contributed by atoms with Crippen LogP contribution in [0, 0.1) is 54.0 Å². The molecule has 0 spiro atoms. The van der Waals surface area contributed by atoms with Crippen LogP contribution in [0.3, 0.4) is 0 Å². The summed E-state index contributed by atoms with van der Waals surface area (Å²) in [5, 5.41) is 4.46. The second-order valence-electron chi connectivity index (χ2n) is 24.4. The molecule has 4 aromatic heterocycles. The van der Waals surface area contributed by atoms with Gasteiger partial charge < -0.3 is 0 Å². The minimum Gasteiger partial charge on any atom is -0.236 e. The SMILES string of the molecule is [C-]#[N+]c1cccc2c[n+]3n(c12)-c1c(C)c(C)c(C)c(C)c1C3.[C-]#[N+]c1cccc2c[n+]3n(c12)-c1c(cccc1-c1ccccc1)C3.[C-]#[N+]c1cccc2c[n+]3n(c12)-c1cc(-c2ccccc2)ccc1C3.[C-]#[N+]c1cccc2c[n+]3n(c12)-c1ccc(-c2ccccc2)cc1C3. The smallest absolute Gasteiger partial charge is 0.217 e. The first-order chi connectivity index (χ1) is 46.1. The standard InChI is InChI=1S/3C21H14N3.C19H18N3/c1-22-19-12-6-10-17-14-23-13-16-9-5-11-18(15-7-3-2-4-8-15)20(16)24(23)21(17)19;1-22-19-9-5-8-18-14-23-13-17-11-10-16(15-6-3-2-4-7-15)12-20(17)24(23)21(18)19;1-22-19-9-5-8-17-13-23-14-18-12-16(15-6-3-2-4-7-15)10-11-20(18)24(23)21(17)19;1-11-12(2)14(4)18-16(13(11)3)10-21-9-15-7-6-8-17(20-5)19(15)22(18)21/h2*2-12,14H,13H2;2-13H,14H2;6-9H,10H2,1-4H3/q4*+1. The van der Waals surface area contributed by atoms with Crippen molar-refractivity contribution in [2.45, 2.75) is 53.9 Å². The second-order valence-corrected chi connectivity index (χ2v) is 24.4. The highest BCUT2D eigenvalue weighted by Crippen LogP contribution is 2.41. The molecule has 8 heterocycles. The van der Waals surface area contributed by atoms with Gasteiger partial charge in [0.1, 0.15) is 44.8 Å². The largest absolute Gasteiger partial charge is 0.236 e. The van der Waals surface area contributed by atoms with Gasteiger partial charge >= 0.3 is 0 Å². The highest BCUT2D eigenvalue weighted by Gasteiger charge is 2.36. The first kappa shape index (κ1) is 56.5. The van der Waals surface area contributed by atoms with Gasteiger partial charge in [-0.1, -0.05) is 170 Å². The molecule has 444 valence electrons. The Morgan fingerprint density at radius 1 is 0.298 bits per heavy atom. The molecular formula is C82H60N12+4. The molecule has 19 rings (SSSR count). The van der Waals surface area contributed by atoms with Gasteiger partial charge in [0.2, 0.25) is 47.5 Å². The van der Waals surface area contributed by atoms with Gasteiger partial charge in [0.15, 0.2) is 26.2 Å². The molecule has 0 saturated carbocycles. The van der Waals surface area contributed by atoms with Gasteiger partial charge in [-0.25, -0.2) is 19.4 Å². The number of hydrogen-bond acceptors (Lipinski definition) is 0. The molecule has 4 aliphatic rings. The Balaban J connectivity index is 0.0000000992. The predicted octanol–water partition coefficient (Wildman–Crippen LogP) is 17.6. The summed E-state index contributed by atoms with van der Waals surface area (Å²) in [4.78, 5) is 14.9. The Morgan fingerprint density at radius 3 is 1.22 bits per heavy atom. The van der Waals surface area contributed by atoms with E-state index in [1.165, 1.54) is 101 Å². The van der Waals surface area contributed by atoms with Crippen molar-refractivity contribution in [3.63, 3.8) is 0 Å². The van der Waals surface area contributed by atoms with Crippen LogP contribution < -0.4 is 18.7 Å².